The third-order valence-corrected chi connectivity index (χ3v) is 5.51. The van der Waals surface area contributed by atoms with Crippen molar-refractivity contribution in [2.24, 2.45) is 4.99 Å². The van der Waals surface area contributed by atoms with E-state index in [9.17, 15) is 18.7 Å². The van der Waals surface area contributed by atoms with Gasteiger partial charge in [0.1, 0.15) is 24.0 Å². The summed E-state index contributed by atoms with van der Waals surface area (Å²) >= 11 is 0. The number of rotatable bonds is 10. The smallest absolute Gasteiger partial charge is 0.255 e. The van der Waals surface area contributed by atoms with Gasteiger partial charge < -0.3 is 25.8 Å². The molecule has 37 heavy (non-hydrogen) atoms. The van der Waals surface area contributed by atoms with E-state index in [0.29, 0.717) is 41.7 Å². The number of aliphatic imine (C=N–C) groups is 1. The second-order valence-corrected chi connectivity index (χ2v) is 8.66. The maximum atomic E-state index is 14.4. The zero-order chi connectivity index (χ0) is 27.6. The molecule has 202 valence electrons. The van der Waals surface area contributed by atoms with Crippen LogP contribution in [0.4, 0.5) is 31.8 Å². The molecular weight excluding hydrogens is 482 g/mol. The van der Waals surface area contributed by atoms with Gasteiger partial charge in [-0.3, -0.25) is 9.79 Å². The monoisotopic (exact) mass is 518 g/mol. The lowest BCUT2D eigenvalue weighted by Gasteiger charge is -2.28. The first-order valence-corrected chi connectivity index (χ1v) is 12.1. The number of anilines is 3. The number of carbonyl (C=O) groups excluding carboxylic acids is 1. The van der Waals surface area contributed by atoms with Crippen molar-refractivity contribution >= 4 is 41.7 Å². The number of hydrogen-bond acceptors (Lipinski definition) is 8. The predicted molar refractivity (Wildman–Crippen MR) is 144 cm³/mol. The maximum absolute atomic E-state index is 14.4. The van der Waals surface area contributed by atoms with Gasteiger partial charge in [-0.15, -0.1) is 0 Å². The Labute approximate surface area is 216 Å². The molecular formula is C26H36F2N6O3. The molecule has 1 amide bonds. The molecule has 3 atom stereocenters. The van der Waals surface area contributed by atoms with Crippen LogP contribution in [0.25, 0.3) is 6.08 Å². The summed E-state index contributed by atoms with van der Waals surface area (Å²) in [7, 11) is 0. The molecule has 0 saturated carbocycles. The van der Waals surface area contributed by atoms with Gasteiger partial charge in [-0.25, -0.2) is 18.7 Å². The highest BCUT2D eigenvalue weighted by atomic mass is 19.1. The van der Waals surface area contributed by atoms with Crippen LogP contribution >= 0.6 is 0 Å². The zero-order valence-corrected chi connectivity index (χ0v) is 21.7. The van der Waals surface area contributed by atoms with Gasteiger partial charge >= 0.3 is 0 Å². The average Bonchev–Trinajstić information content (AvgIpc) is 2.89. The fourth-order valence-corrected chi connectivity index (χ4v) is 3.37. The summed E-state index contributed by atoms with van der Waals surface area (Å²) < 4.78 is 33.7. The van der Waals surface area contributed by atoms with Crippen LogP contribution in [-0.4, -0.2) is 71.4 Å². The molecule has 11 heteroatoms. The normalized spacial score (nSPS) is 18.0. The van der Waals surface area contributed by atoms with Gasteiger partial charge in [-0.2, -0.15) is 0 Å². The van der Waals surface area contributed by atoms with E-state index in [-0.39, 0.29) is 12.2 Å². The fourth-order valence-electron chi connectivity index (χ4n) is 3.37. The molecule has 0 spiro atoms. The standard InChI is InChI=1S/C24H30F2N6O3.C2H6/c1-5-16-18(27-4)6-7-21(31-16)32-22-10-19(30-17-8-9-35-13-15(17)25)14(11-28-22)23(33)29-12-20(26)24(2,3)34;1-2/h5-7,10-11,15,17,20,34H,1,4,8-9,12-13H2,2-3H3,(H,29,33)(H2,28,30,31,32);1-2H3. The summed E-state index contributed by atoms with van der Waals surface area (Å²) in [5.41, 5.74) is -0.115. The van der Waals surface area contributed by atoms with E-state index in [1.165, 1.54) is 20.0 Å². The first-order valence-electron chi connectivity index (χ1n) is 12.1. The summed E-state index contributed by atoms with van der Waals surface area (Å²) in [6, 6.07) is 4.36. The Morgan fingerprint density at radius 1 is 1.38 bits per heavy atom. The SMILES string of the molecule is C=Cc1nc(Nc2cc(NC3CCOCC3F)c(C(=O)NCC(F)C(C)(C)O)cn2)ccc1N=C.CC. The molecule has 0 aliphatic carbocycles. The second-order valence-electron chi connectivity index (χ2n) is 8.66. The average molecular weight is 519 g/mol. The molecule has 3 heterocycles. The lowest BCUT2D eigenvalue weighted by molar-refractivity contribution is -0.00177. The largest absolute Gasteiger partial charge is 0.387 e. The number of nitrogens with one attached hydrogen (secondary N) is 3. The van der Waals surface area contributed by atoms with Crippen LogP contribution in [0.5, 0.6) is 0 Å². The minimum atomic E-state index is -1.68. The number of nitrogens with zero attached hydrogens (tertiary/aromatic N) is 3. The van der Waals surface area contributed by atoms with Gasteiger partial charge in [0.25, 0.3) is 5.91 Å². The predicted octanol–water partition coefficient (Wildman–Crippen LogP) is 4.60. The molecule has 1 fully saturated rings. The Kier molecular flexibility index (Phi) is 11.1. The van der Waals surface area contributed by atoms with Crippen molar-refractivity contribution in [2.45, 2.75) is 58.1 Å². The van der Waals surface area contributed by atoms with Crippen molar-refractivity contribution in [3.63, 3.8) is 0 Å². The summed E-state index contributed by atoms with van der Waals surface area (Å²) in [5.74, 6) is 0.172. The summed E-state index contributed by atoms with van der Waals surface area (Å²) in [5, 5.41) is 18.3. The molecule has 9 nitrogen and oxygen atoms in total. The number of aromatic nitrogens is 2. The van der Waals surface area contributed by atoms with Crippen LogP contribution in [-0.2, 0) is 4.74 Å². The van der Waals surface area contributed by atoms with Crippen LogP contribution < -0.4 is 16.0 Å². The Bertz CT molecular complexity index is 1080. The molecule has 2 aromatic heterocycles. The minimum absolute atomic E-state index is 0.0531. The highest BCUT2D eigenvalue weighted by molar-refractivity contribution is 6.00. The minimum Gasteiger partial charge on any atom is -0.387 e. The van der Waals surface area contributed by atoms with Crippen molar-refractivity contribution < 1.29 is 23.4 Å². The number of amides is 1. The number of alkyl halides is 2. The van der Waals surface area contributed by atoms with Crippen molar-refractivity contribution in [1.82, 2.24) is 15.3 Å². The van der Waals surface area contributed by atoms with Crippen LogP contribution in [0.3, 0.4) is 0 Å². The van der Waals surface area contributed by atoms with Gasteiger partial charge in [-0.1, -0.05) is 20.4 Å². The fraction of sp³-hybridized carbons (Fsp3) is 0.462. The number of hydrogen-bond donors (Lipinski definition) is 4. The molecule has 0 aromatic carbocycles. The van der Waals surface area contributed by atoms with E-state index in [2.05, 4.69) is 44.2 Å². The zero-order valence-electron chi connectivity index (χ0n) is 21.7. The number of aliphatic hydroxyl groups is 1. The Morgan fingerprint density at radius 2 is 2.11 bits per heavy atom. The first kappa shape index (κ1) is 29.8. The number of ether oxygens (including phenoxy) is 1. The number of pyridine rings is 2. The summed E-state index contributed by atoms with van der Waals surface area (Å²) in [4.78, 5) is 25.4. The van der Waals surface area contributed by atoms with Crippen LogP contribution in [0.15, 0.2) is 36.0 Å². The molecule has 0 radical (unpaired) electrons. The molecule has 0 bridgehead atoms. The lowest BCUT2D eigenvalue weighted by atomic mass is 10.0. The first-order chi connectivity index (χ1) is 17.6. The third kappa shape index (κ3) is 8.29. The Balaban J connectivity index is 0.00000235. The van der Waals surface area contributed by atoms with Crippen molar-refractivity contribution in [3.8, 4) is 0 Å². The van der Waals surface area contributed by atoms with Gasteiger partial charge in [0.15, 0.2) is 0 Å². The highest BCUT2D eigenvalue weighted by Crippen LogP contribution is 2.26. The topological polar surface area (TPSA) is 121 Å². The van der Waals surface area contributed by atoms with Gasteiger partial charge in [0.05, 0.1) is 47.4 Å². The lowest BCUT2D eigenvalue weighted by Crippen LogP contribution is -2.42. The van der Waals surface area contributed by atoms with Crippen molar-refractivity contribution in [3.05, 3.63) is 42.2 Å². The van der Waals surface area contributed by atoms with Gasteiger partial charge in [0, 0.05) is 18.9 Å². The molecule has 3 unspecified atom stereocenters. The van der Waals surface area contributed by atoms with E-state index >= 15 is 0 Å². The van der Waals surface area contributed by atoms with E-state index in [1.807, 2.05) is 13.8 Å². The Morgan fingerprint density at radius 3 is 2.73 bits per heavy atom. The molecule has 1 aliphatic heterocycles. The van der Waals surface area contributed by atoms with Crippen molar-refractivity contribution in [2.75, 3.05) is 30.4 Å². The molecule has 2 aromatic rings. The van der Waals surface area contributed by atoms with Crippen LogP contribution in [0.1, 0.15) is 50.2 Å². The van der Waals surface area contributed by atoms with Gasteiger partial charge in [-0.05, 0) is 45.2 Å². The third-order valence-electron chi connectivity index (χ3n) is 5.51. The van der Waals surface area contributed by atoms with E-state index in [0.717, 1.165) is 0 Å². The van der Waals surface area contributed by atoms with Crippen LogP contribution in [0.2, 0.25) is 0 Å². The molecule has 1 saturated heterocycles. The van der Waals surface area contributed by atoms with Crippen LogP contribution in [0, 0.1) is 0 Å². The van der Waals surface area contributed by atoms with E-state index < -0.39 is 36.4 Å². The maximum Gasteiger partial charge on any atom is 0.255 e. The van der Waals surface area contributed by atoms with E-state index in [4.69, 9.17) is 4.74 Å². The van der Waals surface area contributed by atoms with Crippen molar-refractivity contribution in [1.29, 1.82) is 0 Å². The summed E-state index contributed by atoms with van der Waals surface area (Å²) in [6.07, 6.45) is 0.295. The molecule has 1 aliphatic rings. The second kappa shape index (κ2) is 13.8. The van der Waals surface area contributed by atoms with Gasteiger partial charge in [0.2, 0.25) is 0 Å². The van der Waals surface area contributed by atoms with E-state index in [1.54, 1.807) is 24.3 Å². The molecule has 4 N–H and O–H groups in total. The Hall–Kier alpha value is -3.44. The quantitative estimate of drug-likeness (QED) is 0.339. The molecule has 3 rings (SSSR count). The summed E-state index contributed by atoms with van der Waals surface area (Å²) in [6.45, 7) is 13.8. The number of halogens is 2. The number of carbonyl (C=O) groups is 1. The highest BCUT2D eigenvalue weighted by Gasteiger charge is 2.29.